The first-order valence-corrected chi connectivity index (χ1v) is 10.7. The molecule has 0 radical (unpaired) electrons. The van der Waals surface area contributed by atoms with Crippen LogP contribution >= 0.6 is 11.6 Å². The molecule has 0 aliphatic carbocycles. The predicted molar refractivity (Wildman–Crippen MR) is 119 cm³/mol. The summed E-state index contributed by atoms with van der Waals surface area (Å²) in [5, 5.41) is 10.3. The Kier molecular flexibility index (Phi) is 6.70. The van der Waals surface area contributed by atoms with Crippen LogP contribution in [0.25, 0.3) is 11.3 Å². The van der Waals surface area contributed by atoms with Gasteiger partial charge in [0.25, 0.3) is 5.91 Å². The van der Waals surface area contributed by atoms with E-state index in [0.717, 1.165) is 18.5 Å². The van der Waals surface area contributed by atoms with E-state index in [1.54, 1.807) is 17.0 Å². The van der Waals surface area contributed by atoms with Crippen LogP contribution in [0.2, 0.25) is 5.02 Å². The zero-order valence-electron chi connectivity index (χ0n) is 17.2. The average molecular weight is 457 g/mol. The highest BCUT2D eigenvalue weighted by Crippen LogP contribution is 2.24. The van der Waals surface area contributed by atoms with E-state index in [0.29, 0.717) is 18.1 Å². The van der Waals surface area contributed by atoms with Gasteiger partial charge in [0.2, 0.25) is 5.91 Å². The fourth-order valence-corrected chi connectivity index (χ4v) is 3.79. The van der Waals surface area contributed by atoms with E-state index in [9.17, 15) is 14.0 Å². The topological polar surface area (TPSA) is 87.5 Å². The minimum atomic E-state index is -0.556. The molecule has 2 heterocycles. The van der Waals surface area contributed by atoms with Crippen LogP contribution < -0.4 is 10.6 Å². The van der Waals surface area contributed by atoms with E-state index in [-0.39, 0.29) is 35.5 Å². The lowest BCUT2D eigenvalue weighted by atomic mass is 10.0. The molecule has 9 heteroatoms. The van der Waals surface area contributed by atoms with Crippen molar-refractivity contribution in [2.75, 3.05) is 25.0 Å². The summed E-state index contributed by atoms with van der Waals surface area (Å²) in [7, 11) is 0. The largest absolute Gasteiger partial charge is 0.381 e. The molecule has 0 atom stereocenters. The van der Waals surface area contributed by atoms with Crippen LogP contribution in [0, 0.1) is 5.82 Å². The van der Waals surface area contributed by atoms with Crippen LogP contribution in [-0.2, 0) is 4.79 Å². The van der Waals surface area contributed by atoms with Crippen molar-refractivity contribution in [2.45, 2.75) is 18.9 Å². The zero-order chi connectivity index (χ0) is 22.5. The van der Waals surface area contributed by atoms with Crippen LogP contribution in [-0.4, -0.2) is 47.5 Å². The van der Waals surface area contributed by atoms with Gasteiger partial charge in [0.15, 0.2) is 11.5 Å². The lowest BCUT2D eigenvalue weighted by molar-refractivity contribution is -0.131. The van der Waals surface area contributed by atoms with Gasteiger partial charge in [0.1, 0.15) is 5.82 Å². The van der Waals surface area contributed by atoms with Crippen LogP contribution in [0.5, 0.6) is 0 Å². The number of para-hydroxylation sites is 1. The minimum Gasteiger partial charge on any atom is -0.381 e. The van der Waals surface area contributed by atoms with Crippen molar-refractivity contribution in [1.29, 1.82) is 0 Å². The number of hydrogen-bond donors (Lipinski definition) is 2. The van der Waals surface area contributed by atoms with Gasteiger partial charge in [0.05, 0.1) is 22.8 Å². The average Bonchev–Trinajstić information content (AvgIpc) is 3.30. The van der Waals surface area contributed by atoms with Gasteiger partial charge in [-0.1, -0.05) is 41.0 Å². The molecule has 32 heavy (non-hydrogen) atoms. The molecular formula is C23H22ClFN4O3. The van der Waals surface area contributed by atoms with Gasteiger partial charge in [-0.15, -0.1) is 0 Å². The summed E-state index contributed by atoms with van der Waals surface area (Å²) in [4.78, 5) is 26.5. The molecule has 4 rings (SSSR count). The molecule has 2 aromatic carbocycles. The summed E-state index contributed by atoms with van der Waals surface area (Å²) in [6.45, 7) is 1.01. The monoisotopic (exact) mass is 456 g/mol. The number of carbonyl (C=O) groups is 2. The number of halogens is 2. The van der Waals surface area contributed by atoms with Crippen LogP contribution in [0.15, 0.2) is 59.1 Å². The number of hydrogen-bond acceptors (Lipinski definition) is 5. The Balaban J connectivity index is 1.25. The predicted octanol–water partition coefficient (Wildman–Crippen LogP) is 3.97. The van der Waals surface area contributed by atoms with E-state index >= 15 is 0 Å². The number of aromatic nitrogens is 1. The summed E-state index contributed by atoms with van der Waals surface area (Å²) in [5.74, 6) is -1.06. The van der Waals surface area contributed by atoms with Gasteiger partial charge in [-0.2, -0.15) is 0 Å². The Morgan fingerprint density at radius 2 is 1.84 bits per heavy atom. The number of likely N-dealkylation sites (tertiary alicyclic amines) is 1. The smallest absolute Gasteiger partial charge is 0.273 e. The Morgan fingerprint density at radius 3 is 2.59 bits per heavy atom. The minimum absolute atomic E-state index is 0.0151. The van der Waals surface area contributed by atoms with Crippen molar-refractivity contribution in [1.82, 2.24) is 15.4 Å². The quantitative estimate of drug-likeness (QED) is 0.586. The van der Waals surface area contributed by atoms with Gasteiger partial charge in [-0.3, -0.25) is 9.59 Å². The molecule has 1 saturated heterocycles. The normalized spacial score (nSPS) is 14.2. The number of nitrogens with one attached hydrogen (secondary N) is 2. The Labute approximate surface area is 189 Å². The lowest BCUT2D eigenvalue weighted by Gasteiger charge is -2.33. The first-order chi connectivity index (χ1) is 15.5. The van der Waals surface area contributed by atoms with Crippen LogP contribution in [0.1, 0.15) is 23.3 Å². The Bertz CT molecular complexity index is 1110. The van der Waals surface area contributed by atoms with Crippen molar-refractivity contribution >= 4 is 29.1 Å². The second-order valence-corrected chi connectivity index (χ2v) is 7.93. The summed E-state index contributed by atoms with van der Waals surface area (Å²) in [6.07, 6.45) is 1.56. The Hall–Kier alpha value is -3.39. The van der Waals surface area contributed by atoms with E-state index in [4.69, 9.17) is 16.1 Å². The second kappa shape index (κ2) is 9.82. The molecule has 2 N–H and O–H groups in total. The van der Waals surface area contributed by atoms with E-state index < -0.39 is 11.7 Å². The first-order valence-electron chi connectivity index (χ1n) is 10.3. The number of rotatable bonds is 6. The van der Waals surface area contributed by atoms with Crippen LogP contribution in [0.4, 0.5) is 10.1 Å². The molecule has 3 aromatic rings. The fraction of sp³-hybridized carbons (Fsp3) is 0.261. The highest BCUT2D eigenvalue weighted by Gasteiger charge is 2.24. The molecule has 1 aliphatic rings. The third kappa shape index (κ3) is 5.08. The van der Waals surface area contributed by atoms with E-state index in [1.165, 1.54) is 18.2 Å². The highest BCUT2D eigenvalue weighted by molar-refractivity contribution is 6.33. The molecule has 2 amide bonds. The SMILES string of the molecule is O=C(NCC(=O)N1CCC(Nc2ccccc2Cl)CC1)c1cc(-c2ccccc2F)on1. The number of nitrogens with zero attached hydrogens (tertiary/aromatic N) is 2. The van der Waals surface area contributed by atoms with Gasteiger partial charge in [-0.05, 0) is 37.1 Å². The lowest BCUT2D eigenvalue weighted by Crippen LogP contribution is -2.46. The number of anilines is 1. The van der Waals surface area contributed by atoms with Crippen LogP contribution in [0.3, 0.4) is 0 Å². The molecule has 0 bridgehead atoms. The summed E-state index contributed by atoms with van der Waals surface area (Å²) in [5.41, 5.74) is 1.08. The maximum atomic E-state index is 13.9. The molecule has 0 spiro atoms. The van der Waals surface area contributed by atoms with E-state index in [2.05, 4.69) is 15.8 Å². The third-order valence-electron chi connectivity index (χ3n) is 5.36. The van der Waals surface area contributed by atoms with Crippen molar-refractivity contribution in [3.63, 3.8) is 0 Å². The number of amides is 2. The molecule has 0 saturated carbocycles. The second-order valence-electron chi connectivity index (χ2n) is 7.52. The van der Waals surface area contributed by atoms with Crippen molar-refractivity contribution in [3.8, 4) is 11.3 Å². The Morgan fingerprint density at radius 1 is 1.12 bits per heavy atom. The van der Waals surface area contributed by atoms with Gasteiger partial charge in [-0.25, -0.2) is 4.39 Å². The first kappa shape index (κ1) is 21.8. The molecule has 1 fully saturated rings. The molecule has 7 nitrogen and oxygen atoms in total. The third-order valence-corrected chi connectivity index (χ3v) is 5.69. The summed E-state index contributed by atoms with van der Waals surface area (Å²) < 4.78 is 18.9. The standard InChI is InChI=1S/C23H22ClFN4O3/c24-17-6-2-4-8-19(17)27-15-9-11-29(12-10-15)22(30)14-26-23(31)20-13-21(32-28-20)16-5-1-3-7-18(16)25/h1-8,13,15,27H,9-12,14H2,(H,26,31). The molecule has 166 valence electrons. The van der Waals surface area contributed by atoms with Gasteiger partial charge < -0.3 is 20.1 Å². The van der Waals surface area contributed by atoms with Crippen molar-refractivity contribution in [2.24, 2.45) is 0 Å². The molecule has 1 aromatic heterocycles. The van der Waals surface area contributed by atoms with Gasteiger partial charge >= 0.3 is 0 Å². The summed E-state index contributed by atoms with van der Waals surface area (Å²) in [6, 6.07) is 15.2. The maximum absolute atomic E-state index is 13.9. The summed E-state index contributed by atoms with van der Waals surface area (Å²) >= 11 is 6.19. The van der Waals surface area contributed by atoms with Gasteiger partial charge in [0, 0.05) is 25.2 Å². The van der Waals surface area contributed by atoms with E-state index in [1.807, 2.05) is 24.3 Å². The molecule has 1 aliphatic heterocycles. The molecule has 0 unspecified atom stereocenters. The van der Waals surface area contributed by atoms with Crippen molar-refractivity contribution < 1.29 is 18.5 Å². The maximum Gasteiger partial charge on any atom is 0.273 e. The highest BCUT2D eigenvalue weighted by atomic mass is 35.5. The van der Waals surface area contributed by atoms with Crippen molar-refractivity contribution in [3.05, 3.63) is 71.1 Å². The fourth-order valence-electron chi connectivity index (χ4n) is 3.60. The number of carbonyl (C=O) groups excluding carboxylic acids is 2. The number of piperidine rings is 1. The number of benzene rings is 2. The molecular weight excluding hydrogens is 435 g/mol. The zero-order valence-corrected chi connectivity index (χ0v) is 17.9.